The first-order valence-corrected chi connectivity index (χ1v) is 7.57. The number of fused-ring (bicyclic) bond motifs is 1. The highest BCUT2D eigenvalue weighted by Crippen LogP contribution is 2.11. The maximum absolute atomic E-state index is 10.2. The SMILES string of the molecule is OC(COc1ccccc1)C[NH+]1CCc2ccccc2C1.[Cl-]. The van der Waals surface area contributed by atoms with E-state index in [1.165, 1.54) is 16.0 Å². The second-order valence-electron chi connectivity index (χ2n) is 5.68. The van der Waals surface area contributed by atoms with Crippen molar-refractivity contribution in [3.63, 3.8) is 0 Å². The first-order chi connectivity index (χ1) is 10.3. The van der Waals surface area contributed by atoms with Gasteiger partial charge in [-0.15, -0.1) is 0 Å². The Morgan fingerprint density at radius 2 is 1.68 bits per heavy atom. The molecule has 2 N–H and O–H groups in total. The summed E-state index contributed by atoms with van der Waals surface area (Å²) in [7, 11) is 0. The number of benzene rings is 2. The van der Waals surface area contributed by atoms with Crippen molar-refractivity contribution in [1.82, 2.24) is 0 Å². The minimum Gasteiger partial charge on any atom is -1.00 e. The van der Waals surface area contributed by atoms with Crippen molar-refractivity contribution in [2.75, 3.05) is 19.7 Å². The van der Waals surface area contributed by atoms with E-state index in [2.05, 4.69) is 24.3 Å². The molecule has 0 aromatic heterocycles. The van der Waals surface area contributed by atoms with Crippen LogP contribution in [0, 0.1) is 0 Å². The number of quaternary nitrogens is 1. The minimum atomic E-state index is -0.425. The number of hydrogen-bond acceptors (Lipinski definition) is 2. The largest absolute Gasteiger partial charge is 1.00 e. The Kier molecular flexibility index (Phi) is 6.25. The molecule has 0 saturated carbocycles. The lowest BCUT2D eigenvalue weighted by molar-refractivity contribution is -0.918. The van der Waals surface area contributed by atoms with Crippen molar-refractivity contribution in [1.29, 1.82) is 0 Å². The minimum absolute atomic E-state index is 0. The molecule has 1 heterocycles. The van der Waals surface area contributed by atoms with E-state index in [1.807, 2.05) is 30.3 Å². The van der Waals surface area contributed by atoms with Crippen LogP contribution in [0.3, 0.4) is 0 Å². The molecule has 0 spiro atoms. The summed E-state index contributed by atoms with van der Waals surface area (Å²) in [5.41, 5.74) is 2.87. The van der Waals surface area contributed by atoms with Crippen LogP contribution in [0.5, 0.6) is 5.75 Å². The molecule has 3 rings (SSSR count). The van der Waals surface area contributed by atoms with Gasteiger partial charge in [0.05, 0.1) is 6.54 Å². The normalized spacial score (nSPS) is 18.0. The Balaban J connectivity index is 0.00000176. The number of nitrogens with one attached hydrogen (secondary N) is 1. The molecule has 1 aliphatic rings. The number of halogens is 1. The monoisotopic (exact) mass is 319 g/mol. The fourth-order valence-electron chi connectivity index (χ4n) is 2.92. The van der Waals surface area contributed by atoms with Crippen LogP contribution in [-0.2, 0) is 13.0 Å². The maximum atomic E-state index is 10.2. The van der Waals surface area contributed by atoms with Crippen LogP contribution in [0.15, 0.2) is 54.6 Å². The molecule has 0 saturated heterocycles. The first kappa shape index (κ1) is 16.8. The summed E-state index contributed by atoms with van der Waals surface area (Å²) in [6.45, 7) is 3.17. The van der Waals surface area contributed by atoms with Crippen molar-refractivity contribution in [3.05, 3.63) is 65.7 Å². The van der Waals surface area contributed by atoms with Gasteiger partial charge >= 0.3 is 0 Å². The average molecular weight is 320 g/mol. The van der Waals surface area contributed by atoms with Gasteiger partial charge in [0.25, 0.3) is 0 Å². The molecule has 4 heteroatoms. The molecule has 3 nitrogen and oxygen atoms in total. The highest BCUT2D eigenvalue weighted by molar-refractivity contribution is 5.27. The molecule has 2 aromatic rings. The van der Waals surface area contributed by atoms with Crippen LogP contribution < -0.4 is 22.0 Å². The standard InChI is InChI=1S/C18H21NO2.ClH/c20-17(14-21-18-8-2-1-3-9-18)13-19-11-10-15-6-4-5-7-16(15)12-19;/h1-9,17,20H,10-14H2;1H. The number of ether oxygens (including phenoxy) is 1. The molecule has 0 bridgehead atoms. The zero-order chi connectivity index (χ0) is 14.5. The molecular weight excluding hydrogens is 298 g/mol. The molecular formula is C18H22ClNO2. The van der Waals surface area contributed by atoms with Crippen LogP contribution in [0.2, 0.25) is 0 Å². The summed E-state index contributed by atoms with van der Waals surface area (Å²) in [5.74, 6) is 0.815. The Hall–Kier alpha value is -1.55. The maximum Gasteiger partial charge on any atom is 0.137 e. The van der Waals surface area contributed by atoms with E-state index >= 15 is 0 Å². The molecule has 1 aliphatic heterocycles. The van der Waals surface area contributed by atoms with E-state index in [9.17, 15) is 5.11 Å². The molecule has 0 radical (unpaired) electrons. The summed E-state index contributed by atoms with van der Waals surface area (Å²) in [4.78, 5) is 1.43. The van der Waals surface area contributed by atoms with Gasteiger partial charge in [-0.3, -0.25) is 0 Å². The second kappa shape index (κ2) is 8.18. The second-order valence-corrected chi connectivity index (χ2v) is 5.68. The third-order valence-corrected chi connectivity index (χ3v) is 4.02. The predicted octanol–water partition coefficient (Wildman–Crippen LogP) is -1.93. The highest BCUT2D eigenvalue weighted by Gasteiger charge is 2.21. The number of aliphatic hydroxyl groups excluding tert-OH is 1. The Labute approximate surface area is 137 Å². The lowest BCUT2D eigenvalue weighted by atomic mass is 10.00. The Bertz CT molecular complexity index is 576. The molecule has 118 valence electrons. The van der Waals surface area contributed by atoms with Gasteiger partial charge in [0.15, 0.2) is 0 Å². The van der Waals surface area contributed by atoms with E-state index in [1.54, 1.807) is 0 Å². The molecule has 0 aliphatic carbocycles. The zero-order valence-electron chi connectivity index (χ0n) is 12.5. The first-order valence-electron chi connectivity index (χ1n) is 7.57. The molecule has 22 heavy (non-hydrogen) atoms. The third kappa shape index (κ3) is 4.47. The Morgan fingerprint density at radius 3 is 2.45 bits per heavy atom. The van der Waals surface area contributed by atoms with Gasteiger partial charge in [-0.1, -0.05) is 42.5 Å². The Morgan fingerprint density at radius 1 is 1.00 bits per heavy atom. The van der Waals surface area contributed by atoms with Crippen LogP contribution >= 0.6 is 0 Å². The summed E-state index contributed by atoms with van der Waals surface area (Å²) >= 11 is 0. The van der Waals surface area contributed by atoms with Gasteiger partial charge in [-0.05, 0) is 17.7 Å². The highest BCUT2D eigenvalue weighted by atomic mass is 35.5. The number of para-hydroxylation sites is 1. The quantitative estimate of drug-likeness (QED) is 0.673. The van der Waals surface area contributed by atoms with E-state index < -0.39 is 6.10 Å². The lowest BCUT2D eigenvalue weighted by Gasteiger charge is -2.27. The van der Waals surface area contributed by atoms with Crippen molar-refractivity contribution in [2.24, 2.45) is 0 Å². The number of hydrogen-bond donors (Lipinski definition) is 2. The zero-order valence-corrected chi connectivity index (χ0v) is 13.3. The van der Waals surface area contributed by atoms with Gasteiger partial charge in [-0.2, -0.15) is 0 Å². The molecule has 0 fully saturated rings. The fraction of sp³-hybridized carbons (Fsp3) is 0.333. The molecule has 2 aromatic carbocycles. The summed E-state index contributed by atoms with van der Waals surface area (Å²) in [5, 5.41) is 10.2. The smallest absolute Gasteiger partial charge is 0.137 e. The fourth-order valence-corrected chi connectivity index (χ4v) is 2.92. The van der Waals surface area contributed by atoms with E-state index in [0.717, 1.165) is 31.8 Å². The molecule has 2 atom stereocenters. The van der Waals surface area contributed by atoms with Crippen molar-refractivity contribution >= 4 is 0 Å². The van der Waals surface area contributed by atoms with Crippen LogP contribution in [0.4, 0.5) is 0 Å². The molecule has 0 amide bonds. The topological polar surface area (TPSA) is 33.9 Å². The van der Waals surface area contributed by atoms with E-state index in [4.69, 9.17) is 4.74 Å². The van der Waals surface area contributed by atoms with Gasteiger partial charge in [0.2, 0.25) is 0 Å². The van der Waals surface area contributed by atoms with Gasteiger partial charge in [-0.25, -0.2) is 0 Å². The van der Waals surface area contributed by atoms with Gasteiger partial charge in [0.1, 0.15) is 31.5 Å². The summed E-state index contributed by atoms with van der Waals surface area (Å²) in [6.07, 6.45) is 0.670. The van der Waals surface area contributed by atoms with Gasteiger partial charge < -0.3 is 27.2 Å². The number of aliphatic hydroxyl groups is 1. The van der Waals surface area contributed by atoms with E-state index in [-0.39, 0.29) is 12.4 Å². The third-order valence-electron chi connectivity index (χ3n) is 4.02. The van der Waals surface area contributed by atoms with Crippen LogP contribution in [0.1, 0.15) is 11.1 Å². The van der Waals surface area contributed by atoms with Crippen molar-refractivity contribution < 1.29 is 27.2 Å². The predicted molar refractivity (Wildman–Crippen MR) is 82.5 cm³/mol. The summed E-state index contributed by atoms with van der Waals surface area (Å²) < 4.78 is 5.62. The van der Waals surface area contributed by atoms with Crippen molar-refractivity contribution in [2.45, 2.75) is 19.1 Å². The van der Waals surface area contributed by atoms with Gasteiger partial charge in [0, 0.05) is 12.0 Å². The number of rotatable bonds is 5. The van der Waals surface area contributed by atoms with E-state index in [0.29, 0.717) is 6.61 Å². The molecule has 2 unspecified atom stereocenters. The van der Waals surface area contributed by atoms with Crippen LogP contribution in [0.25, 0.3) is 0 Å². The average Bonchev–Trinajstić information content (AvgIpc) is 2.54. The van der Waals surface area contributed by atoms with Crippen LogP contribution in [-0.4, -0.2) is 30.9 Å². The lowest BCUT2D eigenvalue weighted by Crippen LogP contribution is -3.13. The van der Waals surface area contributed by atoms with Crippen molar-refractivity contribution in [3.8, 4) is 5.75 Å². The summed E-state index contributed by atoms with van der Waals surface area (Å²) in [6, 6.07) is 18.3.